The van der Waals surface area contributed by atoms with Crippen LogP contribution in [0.5, 0.6) is 11.5 Å². The molecule has 1 aromatic heterocycles. The summed E-state index contributed by atoms with van der Waals surface area (Å²) in [7, 11) is 3.40. The summed E-state index contributed by atoms with van der Waals surface area (Å²) < 4.78 is 13.0. The van der Waals surface area contributed by atoms with Crippen molar-refractivity contribution >= 4 is 46.6 Å². The number of benzene rings is 2. The van der Waals surface area contributed by atoms with Crippen molar-refractivity contribution in [2.75, 3.05) is 12.0 Å². The minimum Gasteiger partial charge on any atom is -0.496 e. The molecule has 32 heavy (non-hydrogen) atoms. The van der Waals surface area contributed by atoms with Crippen LogP contribution in [0.1, 0.15) is 16.8 Å². The Balaban J connectivity index is 1.58. The summed E-state index contributed by atoms with van der Waals surface area (Å²) in [5.41, 5.74) is 3.39. The van der Waals surface area contributed by atoms with Crippen LogP contribution in [0.25, 0.3) is 6.08 Å². The van der Waals surface area contributed by atoms with Crippen molar-refractivity contribution < 1.29 is 14.3 Å². The van der Waals surface area contributed by atoms with Crippen LogP contribution in [0.4, 0.5) is 5.69 Å². The Bertz CT molecular complexity index is 1240. The number of hydrogen-bond acceptors (Lipinski definition) is 5. The van der Waals surface area contributed by atoms with Crippen molar-refractivity contribution in [2.24, 2.45) is 7.05 Å². The van der Waals surface area contributed by atoms with Gasteiger partial charge in [-0.3, -0.25) is 9.48 Å². The Hall–Kier alpha value is -3.36. The summed E-state index contributed by atoms with van der Waals surface area (Å²) in [5.74, 6) is 1.10. The van der Waals surface area contributed by atoms with E-state index in [1.54, 1.807) is 43.2 Å². The van der Waals surface area contributed by atoms with Gasteiger partial charge in [0.1, 0.15) is 23.8 Å². The van der Waals surface area contributed by atoms with Gasteiger partial charge in [0.05, 0.1) is 18.5 Å². The zero-order valence-corrected chi connectivity index (χ0v) is 19.3. The Kier molecular flexibility index (Phi) is 6.16. The summed E-state index contributed by atoms with van der Waals surface area (Å²) >= 11 is 11.4. The van der Waals surface area contributed by atoms with Crippen LogP contribution in [0.3, 0.4) is 0 Å². The molecule has 2 heterocycles. The average molecular weight is 469 g/mol. The number of methoxy groups -OCH3 is 1. The predicted octanol–water partition coefficient (Wildman–Crippen LogP) is 4.23. The normalized spacial score (nSPS) is 14.8. The number of nitrogens with zero attached hydrogens (tertiary/aromatic N) is 3. The van der Waals surface area contributed by atoms with Crippen LogP contribution in [-0.4, -0.2) is 27.9 Å². The van der Waals surface area contributed by atoms with E-state index in [4.69, 9.17) is 33.3 Å². The highest BCUT2D eigenvalue weighted by atomic mass is 35.5. The largest absolute Gasteiger partial charge is 0.496 e. The number of aromatic nitrogens is 2. The van der Waals surface area contributed by atoms with Gasteiger partial charge in [-0.25, -0.2) is 4.90 Å². The third-order valence-corrected chi connectivity index (χ3v) is 5.43. The van der Waals surface area contributed by atoms with Gasteiger partial charge in [0.2, 0.25) is 0 Å². The first kappa shape index (κ1) is 21.9. The quantitative estimate of drug-likeness (QED) is 0.431. The van der Waals surface area contributed by atoms with E-state index in [0.29, 0.717) is 33.0 Å². The summed E-state index contributed by atoms with van der Waals surface area (Å²) in [6.45, 7) is 2.12. The third-order valence-electron chi connectivity index (χ3n) is 4.91. The number of carbonyl (C=O) groups excluding carboxylic acids is 1. The molecule has 164 valence electrons. The molecule has 0 radical (unpaired) electrons. The van der Waals surface area contributed by atoms with Gasteiger partial charge in [-0.1, -0.05) is 23.7 Å². The van der Waals surface area contributed by atoms with Gasteiger partial charge in [-0.2, -0.15) is 5.10 Å². The first-order chi connectivity index (χ1) is 15.4. The average Bonchev–Trinajstić information content (AvgIpc) is 3.23. The second-order valence-corrected chi connectivity index (χ2v) is 8.04. The summed E-state index contributed by atoms with van der Waals surface area (Å²) in [4.78, 5) is 14.5. The van der Waals surface area contributed by atoms with Gasteiger partial charge in [0.15, 0.2) is 5.11 Å². The standard InChI is InChI=1S/C23H21ClN4O3S/c1-14-20(12-27(2)26-14)28-22(29)19(25-23(28)32)10-15-7-8-21(30-3)16(9-15)13-31-18-6-4-5-17(24)11-18/h4-12H,13H2,1-3H3,(H,25,32)/b19-10+. The Morgan fingerprint density at radius 2 is 2.06 bits per heavy atom. The number of halogens is 1. The maximum absolute atomic E-state index is 13.0. The molecule has 2 aromatic carbocycles. The molecule has 0 saturated carbocycles. The monoisotopic (exact) mass is 468 g/mol. The minimum atomic E-state index is -0.237. The Morgan fingerprint density at radius 3 is 2.75 bits per heavy atom. The molecule has 1 N–H and O–H groups in total. The zero-order valence-electron chi connectivity index (χ0n) is 17.8. The van der Waals surface area contributed by atoms with E-state index in [-0.39, 0.29) is 12.5 Å². The number of ether oxygens (including phenoxy) is 2. The number of nitrogens with one attached hydrogen (secondary N) is 1. The fourth-order valence-electron chi connectivity index (χ4n) is 3.45. The van der Waals surface area contributed by atoms with Gasteiger partial charge in [0.25, 0.3) is 5.91 Å². The van der Waals surface area contributed by atoms with E-state index in [2.05, 4.69) is 10.4 Å². The van der Waals surface area contributed by atoms with E-state index >= 15 is 0 Å². The van der Waals surface area contributed by atoms with E-state index in [1.165, 1.54) is 4.90 Å². The molecule has 7 nitrogen and oxygen atoms in total. The van der Waals surface area contributed by atoms with Crippen molar-refractivity contribution in [2.45, 2.75) is 13.5 Å². The number of hydrogen-bond donors (Lipinski definition) is 1. The number of thiocarbonyl (C=S) groups is 1. The number of anilines is 1. The first-order valence-electron chi connectivity index (χ1n) is 9.78. The van der Waals surface area contributed by atoms with Crippen LogP contribution in [0.15, 0.2) is 54.4 Å². The maximum Gasteiger partial charge on any atom is 0.281 e. The van der Waals surface area contributed by atoms with Crippen LogP contribution >= 0.6 is 23.8 Å². The molecule has 0 aliphatic carbocycles. The molecule has 1 aliphatic heterocycles. The molecule has 0 bridgehead atoms. The molecule has 0 unspecified atom stereocenters. The lowest BCUT2D eigenvalue weighted by Crippen LogP contribution is -2.30. The van der Waals surface area contributed by atoms with Gasteiger partial charge >= 0.3 is 0 Å². The Morgan fingerprint density at radius 1 is 1.25 bits per heavy atom. The van der Waals surface area contributed by atoms with Gasteiger partial charge < -0.3 is 14.8 Å². The summed E-state index contributed by atoms with van der Waals surface area (Å²) in [5, 5.41) is 8.21. The zero-order chi connectivity index (χ0) is 22.8. The van der Waals surface area contributed by atoms with E-state index < -0.39 is 0 Å². The lowest BCUT2D eigenvalue weighted by Gasteiger charge is -2.12. The van der Waals surface area contributed by atoms with Crippen molar-refractivity contribution in [3.63, 3.8) is 0 Å². The predicted molar refractivity (Wildman–Crippen MR) is 128 cm³/mol. The van der Waals surface area contributed by atoms with Crippen molar-refractivity contribution in [3.8, 4) is 11.5 Å². The first-order valence-corrected chi connectivity index (χ1v) is 10.6. The molecule has 1 saturated heterocycles. The fraction of sp³-hybridized carbons (Fsp3) is 0.174. The molecule has 4 rings (SSSR count). The fourth-order valence-corrected chi connectivity index (χ4v) is 3.92. The summed E-state index contributed by atoms with van der Waals surface area (Å²) in [6, 6.07) is 12.8. The van der Waals surface area contributed by atoms with E-state index in [0.717, 1.165) is 16.8 Å². The number of carbonyl (C=O) groups is 1. The third kappa shape index (κ3) is 4.46. The molecule has 1 aliphatic rings. The molecule has 0 spiro atoms. The molecule has 3 aromatic rings. The van der Waals surface area contributed by atoms with Gasteiger partial charge in [-0.15, -0.1) is 0 Å². The molecule has 1 amide bonds. The molecular formula is C23H21ClN4O3S. The summed E-state index contributed by atoms with van der Waals surface area (Å²) in [6.07, 6.45) is 3.52. The van der Waals surface area contributed by atoms with Crippen molar-refractivity contribution in [1.29, 1.82) is 0 Å². The van der Waals surface area contributed by atoms with Crippen LogP contribution < -0.4 is 19.7 Å². The molecule has 0 atom stereocenters. The second kappa shape index (κ2) is 9.02. The van der Waals surface area contributed by atoms with E-state index in [1.807, 2.05) is 37.3 Å². The number of amides is 1. The highest BCUT2D eigenvalue weighted by molar-refractivity contribution is 7.80. The lowest BCUT2D eigenvalue weighted by atomic mass is 10.1. The topological polar surface area (TPSA) is 68.6 Å². The van der Waals surface area contributed by atoms with Crippen molar-refractivity contribution in [3.05, 3.63) is 76.2 Å². The lowest BCUT2D eigenvalue weighted by molar-refractivity contribution is -0.113. The van der Waals surface area contributed by atoms with Crippen molar-refractivity contribution in [1.82, 2.24) is 15.1 Å². The Labute approximate surface area is 196 Å². The molecule has 1 fully saturated rings. The van der Waals surface area contributed by atoms with Crippen LogP contribution in [0, 0.1) is 6.92 Å². The van der Waals surface area contributed by atoms with Crippen LogP contribution in [0.2, 0.25) is 5.02 Å². The molecule has 9 heteroatoms. The minimum absolute atomic E-state index is 0.237. The second-order valence-electron chi connectivity index (χ2n) is 7.22. The smallest absolute Gasteiger partial charge is 0.281 e. The highest BCUT2D eigenvalue weighted by Gasteiger charge is 2.33. The van der Waals surface area contributed by atoms with Gasteiger partial charge in [-0.05, 0) is 61.1 Å². The van der Waals surface area contributed by atoms with Crippen LogP contribution in [-0.2, 0) is 18.4 Å². The maximum atomic E-state index is 13.0. The number of aryl methyl sites for hydroxylation is 2. The SMILES string of the molecule is COc1ccc(/C=C2/NC(=S)N(c3cn(C)nc3C)C2=O)cc1COc1cccc(Cl)c1. The van der Waals surface area contributed by atoms with Gasteiger partial charge in [0, 0.05) is 23.8 Å². The number of rotatable bonds is 6. The highest BCUT2D eigenvalue weighted by Crippen LogP contribution is 2.27. The molecular weight excluding hydrogens is 448 g/mol. The van der Waals surface area contributed by atoms with E-state index in [9.17, 15) is 4.79 Å².